The van der Waals surface area contributed by atoms with Gasteiger partial charge in [-0.1, -0.05) is 102 Å². The molecule has 0 N–H and O–H groups in total. The Kier molecular flexibility index (Phi) is 8.06. The quantitative estimate of drug-likeness (QED) is 0.0958. The number of aromatic nitrogens is 2. The zero-order valence-corrected chi connectivity index (χ0v) is 33.1. The molecule has 6 heteroatoms. The summed E-state index contributed by atoms with van der Waals surface area (Å²) in [6.07, 6.45) is 1.59. The van der Waals surface area contributed by atoms with Crippen molar-refractivity contribution in [3.05, 3.63) is 176 Å². The van der Waals surface area contributed by atoms with Crippen LogP contribution in [0.3, 0.4) is 0 Å². The molecule has 0 fully saturated rings. The predicted octanol–water partition coefficient (Wildman–Crippen LogP) is 8.18. The molecular formula is C47H40N4PtSi. The number of pyridine rings is 1. The van der Waals surface area contributed by atoms with Gasteiger partial charge in [0.15, 0.2) is 0 Å². The van der Waals surface area contributed by atoms with E-state index in [0.717, 1.165) is 37.9 Å². The predicted molar refractivity (Wildman–Crippen MR) is 220 cm³/mol. The third-order valence-electron chi connectivity index (χ3n) is 10.4. The van der Waals surface area contributed by atoms with E-state index < -0.39 is 14.9 Å². The van der Waals surface area contributed by atoms with Crippen LogP contribution in [0.1, 0.15) is 30.4 Å². The fraction of sp³-hybridized carbons (Fsp3) is 0.128. The molecule has 0 radical (unpaired) electrons. The Bertz CT molecular complexity index is 2650. The van der Waals surface area contributed by atoms with Crippen molar-refractivity contribution in [2.24, 2.45) is 0 Å². The smallest absolute Gasteiger partial charge is 0.347 e. The van der Waals surface area contributed by atoms with Gasteiger partial charge in [0.25, 0.3) is 0 Å². The van der Waals surface area contributed by atoms with Crippen LogP contribution in [0.25, 0.3) is 27.6 Å². The van der Waals surface area contributed by atoms with E-state index in [1.807, 2.05) is 12.1 Å². The molecule has 53 heavy (non-hydrogen) atoms. The summed E-state index contributed by atoms with van der Waals surface area (Å²) in [5.74, 6) is 0.546. The van der Waals surface area contributed by atoms with Crippen LogP contribution < -0.4 is 30.5 Å². The summed E-state index contributed by atoms with van der Waals surface area (Å²) < 4.78 is 26.6. The van der Waals surface area contributed by atoms with Crippen LogP contribution in [0.5, 0.6) is 0 Å². The average molecular weight is 887 g/mol. The number of fused-ring (bicyclic) bond motifs is 4. The molecular weight excluding hydrogens is 844 g/mol. The van der Waals surface area contributed by atoms with Crippen molar-refractivity contribution in [3.63, 3.8) is 0 Å². The fourth-order valence-electron chi connectivity index (χ4n) is 8.03. The zero-order valence-electron chi connectivity index (χ0n) is 32.8. The van der Waals surface area contributed by atoms with E-state index in [4.69, 9.17) is 9.10 Å². The number of hydrogen-bond acceptors (Lipinski definition) is 3. The summed E-state index contributed by atoms with van der Waals surface area (Å²) in [4.78, 5) is 9.59. The van der Waals surface area contributed by atoms with E-state index in [1.54, 1.807) is 18.3 Å². The summed E-state index contributed by atoms with van der Waals surface area (Å²) in [6.45, 7) is 5.23. The minimum Gasteiger partial charge on any atom is -0.347 e. The molecule has 3 heterocycles. The van der Waals surface area contributed by atoms with Crippen molar-refractivity contribution >= 4 is 67.7 Å². The molecule has 0 aliphatic carbocycles. The van der Waals surface area contributed by atoms with E-state index in [0.29, 0.717) is 12.5 Å². The van der Waals surface area contributed by atoms with Crippen LogP contribution in [0.15, 0.2) is 158 Å². The van der Waals surface area contributed by atoms with Crippen LogP contribution in [-0.4, -0.2) is 29.8 Å². The topological polar surface area (TPSA) is 24.3 Å². The zero-order chi connectivity index (χ0) is 38.0. The monoisotopic (exact) mass is 886 g/mol. The third-order valence-corrected chi connectivity index (χ3v) is 15.0. The molecule has 0 saturated carbocycles. The number of anilines is 3. The second-order valence-electron chi connectivity index (χ2n) is 14.5. The molecule has 0 bridgehead atoms. The van der Waals surface area contributed by atoms with Gasteiger partial charge in [-0.15, -0.1) is 11.5 Å². The summed E-state index contributed by atoms with van der Waals surface area (Å²) in [5, 5.41) is 6.70. The van der Waals surface area contributed by atoms with E-state index in [9.17, 15) is 0 Å². The van der Waals surface area contributed by atoms with E-state index in [1.165, 1.54) is 21.7 Å². The van der Waals surface area contributed by atoms with Crippen molar-refractivity contribution in [2.75, 3.05) is 16.5 Å². The molecule has 262 valence electrons. The summed E-state index contributed by atoms with van der Waals surface area (Å²) in [6, 6.07) is 60.9. The second-order valence-corrected chi connectivity index (χ2v) is 18.2. The molecule has 0 atom stereocenters. The summed E-state index contributed by atoms with van der Waals surface area (Å²) in [5.41, 5.74) is 5.36. The molecule has 4 nitrogen and oxygen atoms in total. The van der Waals surface area contributed by atoms with Crippen molar-refractivity contribution in [1.82, 2.24) is 9.55 Å². The molecule has 1 aliphatic rings. The minimum absolute atomic E-state index is 0. The van der Waals surface area contributed by atoms with Crippen molar-refractivity contribution in [1.29, 1.82) is 0 Å². The molecule has 9 rings (SSSR count). The van der Waals surface area contributed by atoms with Gasteiger partial charge >= 0.3 is 21.1 Å². The Morgan fingerprint density at radius 1 is 0.660 bits per heavy atom. The van der Waals surface area contributed by atoms with E-state index >= 15 is 0 Å². The number of rotatable bonds is 6. The first-order chi connectivity index (χ1) is 26.5. The SMILES string of the molecule is [2H]C([2H])([2H])c1ccnc(-n2c3[c-]c([Si](c4[c-]c(N5CN(C(C)(C)C)c6ccccc65)ccc4)(c4ccccc4)c4ccccc4)ccc3c3ccccc32)c1.[Pt+2]. The van der Waals surface area contributed by atoms with Crippen LogP contribution in [0, 0.1) is 19.0 Å². The van der Waals surface area contributed by atoms with Gasteiger partial charge in [0.2, 0.25) is 0 Å². The van der Waals surface area contributed by atoms with Crippen molar-refractivity contribution < 1.29 is 25.2 Å². The maximum Gasteiger partial charge on any atom is 2.00 e. The van der Waals surface area contributed by atoms with Crippen LogP contribution >= 0.6 is 0 Å². The number of aryl methyl sites for hydroxylation is 1. The van der Waals surface area contributed by atoms with E-state index in [2.05, 4.69) is 175 Å². The first-order valence-corrected chi connectivity index (χ1v) is 19.8. The first-order valence-electron chi connectivity index (χ1n) is 19.3. The van der Waals surface area contributed by atoms with Crippen molar-refractivity contribution in [2.45, 2.75) is 33.2 Å². The minimum atomic E-state index is -3.13. The van der Waals surface area contributed by atoms with Crippen LogP contribution in [0.4, 0.5) is 17.1 Å². The van der Waals surface area contributed by atoms with Gasteiger partial charge in [-0.05, 0) is 79.3 Å². The number of benzene rings is 6. The standard InChI is InChI=1S/C47H40N4Si.Pt/c1-34-28-29-48-46(30-34)51-42-23-12-11-22-40(42)41-27-26-39(32-45(41)51)52(36-17-7-5-8-18-36,37-19-9-6-10-20-37)38-21-15-16-35(31-38)49-33-50(47(2,3)4)44-25-14-13-24-43(44)49;/h5-30H,33H2,1-4H3;/q-2;+2/i1D3;. The average Bonchev–Trinajstić information content (AvgIpc) is 3.76. The number of para-hydroxylation sites is 3. The molecule has 0 unspecified atom stereocenters. The van der Waals surface area contributed by atoms with Gasteiger partial charge in [-0.25, -0.2) is 4.98 Å². The van der Waals surface area contributed by atoms with Gasteiger partial charge in [0, 0.05) is 21.4 Å². The third kappa shape index (κ3) is 5.74. The van der Waals surface area contributed by atoms with Gasteiger partial charge in [0.1, 0.15) is 13.9 Å². The largest absolute Gasteiger partial charge is 2.00 e. The molecule has 0 saturated heterocycles. The first kappa shape index (κ1) is 31.3. The maximum atomic E-state index is 8.17. The molecule has 6 aromatic carbocycles. The Hall–Kier alpha value is -5.22. The molecule has 0 spiro atoms. The molecule has 0 amide bonds. The molecule has 1 aliphatic heterocycles. The Morgan fingerprint density at radius 2 is 1.32 bits per heavy atom. The fourth-order valence-corrected chi connectivity index (χ4v) is 12.6. The number of nitrogens with zero attached hydrogens (tertiary/aromatic N) is 4. The molecule has 2 aromatic heterocycles. The van der Waals surface area contributed by atoms with Crippen molar-refractivity contribution in [3.8, 4) is 5.82 Å². The van der Waals surface area contributed by atoms with E-state index in [-0.39, 0.29) is 32.2 Å². The summed E-state index contributed by atoms with van der Waals surface area (Å²) in [7, 11) is -3.13. The van der Waals surface area contributed by atoms with Gasteiger partial charge < -0.3 is 14.4 Å². The van der Waals surface area contributed by atoms with Crippen LogP contribution in [-0.2, 0) is 21.1 Å². The summed E-state index contributed by atoms with van der Waals surface area (Å²) >= 11 is 0. The molecule has 8 aromatic rings. The Balaban J connectivity index is 0.00000441. The Labute approximate surface area is 331 Å². The number of hydrogen-bond donors (Lipinski definition) is 0. The maximum absolute atomic E-state index is 8.17. The van der Waals surface area contributed by atoms with Crippen LogP contribution in [0.2, 0.25) is 0 Å². The van der Waals surface area contributed by atoms with Gasteiger partial charge in [-0.3, -0.25) is 0 Å². The normalized spacial score (nSPS) is 14.1. The second kappa shape index (κ2) is 13.6. The van der Waals surface area contributed by atoms with Gasteiger partial charge in [0.05, 0.1) is 18.0 Å². The Morgan fingerprint density at radius 3 is 2.04 bits per heavy atom. The van der Waals surface area contributed by atoms with Gasteiger partial charge in [-0.2, -0.15) is 46.8 Å².